The molecule has 4 heteroatoms. The van der Waals surface area contributed by atoms with Crippen LogP contribution < -0.4 is 0 Å². The van der Waals surface area contributed by atoms with Crippen molar-refractivity contribution in [3.8, 4) is 10.6 Å². The van der Waals surface area contributed by atoms with Gasteiger partial charge in [0.15, 0.2) is 0 Å². The third-order valence-electron chi connectivity index (χ3n) is 2.42. The van der Waals surface area contributed by atoms with Gasteiger partial charge in [-0.25, -0.2) is 4.98 Å². The van der Waals surface area contributed by atoms with Crippen LogP contribution in [0.4, 0.5) is 0 Å². The predicted octanol–water partition coefficient (Wildman–Crippen LogP) is 5.38. The Labute approximate surface area is 116 Å². The highest BCUT2D eigenvalue weighted by Crippen LogP contribution is 2.32. The summed E-state index contributed by atoms with van der Waals surface area (Å²) in [5.41, 5.74) is 2.09. The number of fused-ring (bicyclic) bond motifs is 1. The van der Waals surface area contributed by atoms with Gasteiger partial charge >= 0.3 is 0 Å². The quantitative estimate of drug-likeness (QED) is 0.585. The number of hydrogen-bond donors (Lipinski definition) is 0. The second kappa shape index (κ2) is 4.41. The molecule has 1 heterocycles. The van der Waals surface area contributed by atoms with E-state index in [2.05, 4.69) is 27.0 Å². The summed E-state index contributed by atoms with van der Waals surface area (Å²) in [4.78, 5) is 4.60. The summed E-state index contributed by atoms with van der Waals surface area (Å²) >= 11 is 11.1. The molecule has 0 fully saturated rings. The molecule has 0 amide bonds. The lowest BCUT2D eigenvalue weighted by atomic mass is 10.2. The molecule has 1 aromatic heterocycles. The fourth-order valence-electron chi connectivity index (χ4n) is 1.64. The number of rotatable bonds is 1. The molecule has 2 aromatic carbocycles. The number of benzene rings is 2. The maximum atomic E-state index is 5.99. The van der Waals surface area contributed by atoms with Gasteiger partial charge in [0.2, 0.25) is 0 Å². The van der Waals surface area contributed by atoms with Crippen LogP contribution in [0.5, 0.6) is 0 Å². The molecular formula is C13H7BrClNS. The van der Waals surface area contributed by atoms with E-state index in [-0.39, 0.29) is 0 Å². The van der Waals surface area contributed by atoms with Gasteiger partial charge in [0, 0.05) is 15.1 Å². The molecule has 0 spiro atoms. The van der Waals surface area contributed by atoms with E-state index in [1.165, 1.54) is 4.70 Å². The van der Waals surface area contributed by atoms with E-state index >= 15 is 0 Å². The summed E-state index contributed by atoms with van der Waals surface area (Å²) in [6.45, 7) is 0. The molecule has 84 valence electrons. The predicted molar refractivity (Wildman–Crippen MR) is 77.8 cm³/mol. The zero-order chi connectivity index (χ0) is 11.8. The van der Waals surface area contributed by atoms with Crippen LogP contribution in [-0.4, -0.2) is 4.98 Å². The fourth-order valence-corrected chi connectivity index (χ4v) is 3.35. The monoisotopic (exact) mass is 323 g/mol. The van der Waals surface area contributed by atoms with Crippen molar-refractivity contribution < 1.29 is 0 Å². The minimum atomic E-state index is 0.739. The second-order valence-corrected chi connectivity index (χ2v) is 6.02. The molecule has 3 rings (SSSR count). The van der Waals surface area contributed by atoms with Crippen LogP contribution >= 0.6 is 38.9 Å². The molecule has 0 radical (unpaired) electrons. The summed E-state index contributed by atoms with van der Waals surface area (Å²) in [5, 5.41) is 1.74. The first-order valence-electron chi connectivity index (χ1n) is 5.04. The van der Waals surface area contributed by atoms with Gasteiger partial charge in [0.1, 0.15) is 5.01 Å². The van der Waals surface area contributed by atoms with E-state index in [9.17, 15) is 0 Å². The van der Waals surface area contributed by atoms with Crippen LogP contribution in [0, 0.1) is 0 Å². The molecule has 0 atom stereocenters. The van der Waals surface area contributed by atoms with Gasteiger partial charge in [-0.3, -0.25) is 0 Å². The van der Waals surface area contributed by atoms with E-state index in [1.807, 2.05) is 36.4 Å². The van der Waals surface area contributed by atoms with Crippen molar-refractivity contribution >= 4 is 49.1 Å². The van der Waals surface area contributed by atoms with Crippen LogP contribution in [-0.2, 0) is 0 Å². The van der Waals surface area contributed by atoms with Crippen molar-refractivity contribution in [2.45, 2.75) is 0 Å². The number of halogens is 2. The van der Waals surface area contributed by atoms with Crippen LogP contribution in [0.1, 0.15) is 0 Å². The third-order valence-corrected chi connectivity index (χ3v) is 4.22. The van der Waals surface area contributed by atoms with Crippen molar-refractivity contribution in [3.05, 3.63) is 52.0 Å². The molecule has 0 aliphatic carbocycles. The Morgan fingerprint density at radius 2 is 2.00 bits per heavy atom. The summed E-state index contributed by atoms with van der Waals surface area (Å²) in [7, 11) is 0. The summed E-state index contributed by atoms with van der Waals surface area (Å²) in [6.07, 6.45) is 0. The Morgan fingerprint density at radius 1 is 1.12 bits per heavy atom. The van der Waals surface area contributed by atoms with Gasteiger partial charge in [0.05, 0.1) is 10.2 Å². The zero-order valence-electron chi connectivity index (χ0n) is 8.65. The Bertz CT molecular complexity index is 693. The van der Waals surface area contributed by atoms with E-state index in [1.54, 1.807) is 11.3 Å². The summed E-state index contributed by atoms with van der Waals surface area (Å²) < 4.78 is 2.25. The van der Waals surface area contributed by atoms with Crippen molar-refractivity contribution in [1.29, 1.82) is 0 Å². The van der Waals surface area contributed by atoms with Crippen LogP contribution in [0.25, 0.3) is 20.8 Å². The van der Waals surface area contributed by atoms with Crippen LogP contribution in [0.3, 0.4) is 0 Å². The maximum Gasteiger partial charge on any atom is 0.124 e. The molecular weight excluding hydrogens is 318 g/mol. The average molecular weight is 325 g/mol. The molecule has 0 aliphatic rings. The lowest BCUT2D eigenvalue weighted by Gasteiger charge is -1.95. The van der Waals surface area contributed by atoms with Crippen molar-refractivity contribution in [1.82, 2.24) is 4.98 Å². The molecule has 0 N–H and O–H groups in total. The van der Waals surface area contributed by atoms with E-state index in [0.717, 1.165) is 25.6 Å². The van der Waals surface area contributed by atoms with Crippen molar-refractivity contribution in [3.63, 3.8) is 0 Å². The highest BCUT2D eigenvalue weighted by Gasteiger charge is 2.06. The maximum absolute atomic E-state index is 5.99. The van der Waals surface area contributed by atoms with E-state index < -0.39 is 0 Å². The SMILES string of the molecule is Clc1cccc(-c2nc3ccc(Br)cc3s2)c1. The molecule has 3 aromatic rings. The van der Waals surface area contributed by atoms with E-state index in [0.29, 0.717) is 0 Å². The third kappa shape index (κ3) is 2.23. The highest BCUT2D eigenvalue weighted by atomic mass is 79.9. The minimum Gasteiger partial charge on any atom is -0.236 e. The smallest absolute Gasteiger partial charge is 0.124 e. The number of aromatic nitrogens is 1. The Morgan fingerprint density at radius 3 is 2.82 bits per heavy atom. The van der Waals surface area contributed by atoms with Gasteiger partial charge in [-0.1, -0.05) is 39.7 Å². The van der Waals surface area contributed by atoms with Gasteiger partial charge in [-0.05, 0) is 30.3 Å². The van der Waals surface area contributed by atoms with E-state index in [4.69, 9.17) is 11.6 Å². The Balaban J connectivity index is 2.18. The normalized spacial score (nSPS) is 10.9. The molecule has 0 saturated heterocycles. The first-order valence-corrected chi connectivity index (χ1v) is 7.03. The largest absolute Gasteiger partial charge is 0.236 e. The topological polar surface area (TPSA) is 12.9 Å². The summed E-state index contributed by atoms with van der Waals surface area (Å²) in [5.74, 6) is 0. The number of thiazole rings is 1. The average Bonchev–Trinajstić information content (AvgIpc) is 2.72. The molecule has 0 aliphatic heterocycles. The van der Waals surface area contributed by atoms with Crippen LogP contribution in [0.15, 0.2) is 46.9 Å². The molecule has 0 saturated carbocycles. The first kappa shape index (κ1) is 11.2. The number of nitrogens with zero attached hydrogens (tertiary/aromatic N) is 1. The van der Waals surface area contributed by atoms with Gasteiger partial charge in [-0.2, -0.15) is 0 Å². The Hall–Kier alpha value is -0.900. The Kier molecular flexibility index (Phi) is 2.90. The number of hydrogen-bond acceptors (Lipinski definition) is 2. The molecule has 1 nitrogen and oxygen atoms in total. The lowest BCUT2D eigenvalue weighted by Crippen LogP contribution is -1.75. The summed E-state index contributed by atoms with van der Waals surface area (Å²) in [6, 6.07) is 13.9. The van der Waals surface area contributed by atoms with Gasteiger partial charge in [0.25, 0.3) is 0 Å². The van der Waals surface area contributed by atoms with Crippen molar-refractivity contribution in [2.24, 2.45) is 0 Å². The minimum absolute atomic E-state index is 0.739. The van der Waals surface area contributed by atoms with Gasteiger partial charge in [-0.15, -0.1) is 11.3 Å². The first-order chi connectivity index (χ1) is 8.22. The highest BCUT2D eigenvalue weighted by molar-refractivity contribution is 9.10. The second-order valence-electron chi connectivity index (χ2n) is 3.64. The molecule has 17 heavy (non-hydrogen) atoms. The standard InChI is InChI=1S/C13H7BrClNS/c14-9-4-5-11-12(7-9)17-13(16-11)8-2-1-3-10(15)6-8/h1-7H. The molecule has 0 unspecified atom stereocenters. The molecule has 0 bridgehead atoms. The fraction of sp³-hybridized carbons (Fsp3) is 0. The van der Waals surface area contributed by atoms with Crippen LogP contribution in [0.2, 0.25) is 5.02 Å². The zero-order valence-corrected chi connectivity index (χ0v) is 11.8. The lowest BCUT2D eigenvalue weighted by molar-refractivity contribution is 1.47. The van der Waals surface area contributed by atoms with Gasteiger partial charge < -0.3 is 0 Å². The van der Waals surface area contributed by atoms with Crippen molar-refractivity contribution in [2.75, 3.05) is 0 Å².